The highest BCUT2D eigenvalue weighted by atomic mass is 35.5. The molecule has 1 aliphatic heterocycles. The predicted octanol–water partition coefficient (Wildman–Crippen LogP) is 0.789. The summed E-state index contributed by atoms with van der Waals surface area (Å²) in [7, 11) is 0. The van der Waals surface area contributed by atoms with Crippen LogP contribution in [0.15, 0.2) is 11.6 Å². The quantitative estimate of drug-likeness (QED) is 0.343. The smallest absolute Gasteiger partial charge is 0.298 e. The van der Waals surface area contributed by atoms with Crippen molar-refractivity contribution in [3.05, 3.63) is 11.6 Å². The standard InChI is InChI=1S/C3H4ClN3OS/c4-3(8)6-7-5-1-2-9-7/h1-2,5H,(H,6,8). The van der Waals surface area contributed by atoms with Gasteiger partial charge in [0.2, 0.25) is 0 Å². The van der Waals surface area contributed by atoms with Crippen LogP contribution in [-0.4, -0.2) is 9.89 Å². The van der Waals surface area contributed by atoms with Crippen molar-refractivity contribution in [1.82, 2.24) is 15.4 Å². The Balaban J connectivity index is 2.22. The van der Waals surface area contributed by atoms with E-state index >= 15 is 0 Å². The van der Waals surface area contributed by atoms with Crippen molar-refractivity contribution in [2.24, 2.45) is 0 Å². The molecule has 1 aliphatic rings. The summed E-state index contributed by atoms with van der Waals surface area (Å²) in [5, 5.41) is 1.16. The van der Waals surface area contributed by atoms with Gasteiger partial charge in [-0.2, -0.15) is 0 Å². The van der Waals surface area contributed by atoms with Gasteiger partial charge >= 0.3 is 5.37 Å². The maximum Gasteiger partial charge on any atom is 0.330 e. The minimum Gasteiger partial charge on any atom is -0.298 e. The summed E-state index contributed by atoms with van der Waals surface area (Å²) in [6.45, 7) is 0. The van der Waals surface area contributed by atoms with Crippen LogP contribution in [-0.2, 0) is 0 Å². The Kier molecular flexibility index (Phi) is 2.21. The molecule has 0 fully saturated rings. The molecular formula is C3H4ClN3OS. The Morgan fingerprint density at radius 3 is 3.11 bits per heavy atom. The Bertz CT molecular complexity index is 142. The molecule has 0 atom stereocenters. The first-order valence-corrected chi connectivity index (χ1v) is 3.35. The molecular weight excluding hydrogens is 162 g/mol. The zero-order valence-corrected chi connectivity index (χ0v) is 5.87. The van der Waals surface area contributed by atoms with E-state index in [1.54, 1.807) is 11.6 Å². The number of nitrogens with zero attached hydrogens (tertiary/aromatic N) is 1. The molecule has 4 nitrogen and oxygen atoms in total. The minimum atomic E-state index is -0.612. The van der Waals surface area contributed by atoms with Crippen molar-refractivity contribution in [2.75, 3.05) is 0 Å². The number of hydrogen-bond donors (Lipinski definition) is 2. The number of hydrogen-bond acceptors (Lipinski definition) is 4. The highest BCUT2D eigenvalue weighted by Crippen LogP contribution is 2.09. The van der Waals surface area contributed by atoms with Crippen molar-refractivity contribution in [1.29, 1.82) is 0 Å². The minimum absolute atomic E-state index is 0.612. The number of nitrogens with one attached hydrogen (secondary N) is 2. The fourth-order valence-electron chi connectivity index (χ4n) is 0.358. The third-order valence-electron chi connectivity index (χ3n) is 0.616. The Morgan fingerprint density at radius 1 is 1.89 bits per heavy atom. The normalized spacial score (nSPS) is 17.4. The average Bonchev–Trinajstić information content (AvgIpc) is 2.15. The monoisotopic (exact) mass is 165 g/mol. The second-order valence-electron chi connectivity index (χ2n) is 1.22. The lowest BCUT2D eigenvalue weighted by Gasteiger charge is -2.11. The summed E-state index contributed by atoms with van der Waals surface area (Å²) >= 11 is 6.28. The summed E-state index contributed by atoms with van der Waals surface area (Å²) in [5.41, 5.74) is 4.98. The number of halogens is 1. The zero-order valence-electron chi connectivity index (χ0n) is 4.30. The molecule has 1 amide bonds. The topological polar surface area (TPSA) is 44.4 Å². The van der Waals surface area contributed by atoms with E-state index in [9.17, 15) is 4.79 Å². The first-order valence-electron chi connectivity index (χ1n) is 2.13. The summed E-state index contributed by atoms with van der Waals surface area (Å²) < 4.78 is 1.38. The maximum atomic E-state index is 10.1. The van der Waals surface area contributed by atoms with E-state index in [1.165, 1.54) is 16.5 Å². The summed E-state index contributed by atoms with van der Waals surface area (Å²) in [4.78, 5) is 10.1. The van der Waals surface area contributed by atoms with Crippen LogP contribution in [0.2, 0.25) is 0 Å². The lowest BCUT2D eigenvalue weighted by molar-refractivity contribution is 0.237. The molecule has 2 N–H and O–H groups in total. The molecule has 0 spiro atoms. The lowest BCUT2D eigenvalue weighted by Crippen LogP contribution is -2.38. The van der Waals surface area contributed by atoms with E-state index in [1.807, 2.05) is 0 Å². The summed E-state index contributed by atoms with van der Waals surface area (Å²) in [6.07, 6.45) is 1.68. The van der Waals surface area contributed by atoms with Crippen LogP contribution in [0.25, 0.3) is 0 Å². The largest absolute Gasteiger partial charge is 0.330 e. The van der Waals surface area contributed by atoms with Gasteiger partial charge < -0.3 is 0 Å². The Morgan fingerprint density at radius 2 is 2.67 bits per heavy atom. The second-order valence-corrected chi connectivity index (χ2v) is 2.41. The van der Waals surface area contributed by atoms with Crippen molar-refractivity contribution in [3.63, 3.8) is 0 Å². The molecule has 0 unspecified atom stereocenters. The molecule has 0 aromatic heterocycles. The number of carbonyl (C=O) groups is 1. The predicted molar refractivity (Wildman–Crippen MR) is 36.1 cm³/mol. The fourth-order valence-corrected chi connectivity index (χ4v) is 0.994. The van der Waals surface area contributed by atoms with Crippen LogP contribution in [0, 0.1) is 0 Å². The fraction of sp³-hybridized carbons (Fsp3) is 0. The summed E-state index contributed by atoms with van der Waals surface area (Å²) in [6, 6.07) is 0. The number of rotatable bonds is 1. The number of carbonyl (C=O) groups excluding carboxylic acids is 1. The summed E-state index contributed by atoms with van der Waals surface area (Å²) in [5.74, 6) is 0. The number of amides is 1. The highest BCUT2D eigenvalue weighted by Gasteiger charge is 2.06. The van der Waals surface area contributed by atoms with E-state index in [0.717, 1.165) is 0 Å². The maximum absolute atomic E-state index is 10.1. The molecule has 1 heterocycles. The molecule has 0 aromatic carbocycles. The van der Waals surface area contributed by atoms with Gasteiger partial charge in [-0.1, -0.05) is 4.52 Å². The van der Waals surface area contributed by atoms with Gasteiger partial charge in [0, 0.05) is 11.6 Å². The zero-order chi connectivity index (χ0) is 6.69. The Labute approximate surface area is 61.3 Å². The van der Waals surface area contributed by atoms with Gasteiger partial charge in [-0.3, -0.25) is 10.2 Å². The van der Waals surface area contributed by atoms with Crippen LogP contribution >= 0.6 is 23.5 Å². The van der Waals surface area contributed by atoms with E-state index in [-0.39, 0.29) is 0 Å². The van der Waals surface area contributed by atoms with Crippen LogP contribution in [0.5, 0.6) is 0 Å². The van der Waals surface area contributed by atoms with Crippen molar-refractivity contribution in [2.45, 2.75) is 0 Å². The highest BCUT2D eigenvalue weighted by molar-refractivity contribution is 8.00. The molecule has 0 saturated carbocycles. The average molecular weight is 166 g/mol. The van der Waals surface area contributed by atoms with Gasteiger partial charge in [0.15, 0.2) is 0 Å². The van der Waals surface area contributed by atoms with Crippen molar-refractivity contribution >= 4 is 28.9 Å². The molecule has 0 aromatic rings. The Hall–Kier alpha value is -0.390. The van der Waals surface area contributed by atoms with Gasteiger partial charge in [-0.05, 0) is 23.5 Å². The molecule has 0 bridgehead atoms. The second kappa shape index (κ2) is 2.95. The third kappa shape index (κ3) is 2.13. The van der Waals surface area contributed by atoms with Gasteiger partial charge in [0.1, 0.15) is 0 Å². The van der Waals surface area contributed by atoms with Crippen molar-refractivity contribution in [3.8, 4) is 0 Å². The van der Waals surface area contributed by atoms with E-state index in [2.05, 4.69) is 10.9 Å². The van der Waals surface area contributed by atoms with E-state index in [4.69, 9.17) is 11.6 Å². The van der Waals surface area contributed by atoms with Crippen LogP contribution in [0.3, 0.4) is 0 Å². The molecule has 0 aliphatic carbocycles. The van der Waals surface area contributed by atoms with E-state index in [0.29, 0.717) is 0 Å². The van der Waals surface area contributed by atoms with Crippen LogP contribution < -0.4 is 10.9 Å². The number of hydrazine groups is 2. The van der Waals surface area contributed by atoms with Gasteiger partial charge in [0.05, 0.1) is 0 Å². The molecule has 9 heavy (non-hydrogen) atoms. The molecule has 50 valence electrons. The molecule has 0 radical (unpaired) electrons. The van der Waals surface area contributed by atoms with Gasteiger partial charge in [-0.25, -0.2) is 5.43 Å². The van der Waals surface area contributed by atoms with Crippen LogP contribution in [0.4, 0.5) is 4.79 Å². The molecule has 6 heteroatoms. The lowest BCUT2D eigenvalue weighted by atomic mass is 11.1. The first-order chi connectivity index (χ1) is 4.29. The van der Waals surface area contributed by atoms with Crippen LogP contribution in [0.1, 0.15) is 0 Å². The van der Waals surface area contributed by atoms with E-state index < -0.39 is 5.37 Å². The SMILES string of the molecule is O=C(Cl)NN1NC=CS1. The molecule has 0 saturated heterocycles. The molecule has 1 rings (SSSR count). The third-order valence-corrected chi connectivity index (χ3v) is 1.37. The van der Waals surface area contributed by atoms with Crippen molar-refractivity contribution < 1.29 is 4.79 Å². The first kappa shape index (κ1) is 6.73. The van der Waals surface area contributed by atoms with Gasteiger partial charge in [0.25, 0.3) is 0 Å². The van der Waals surface area contributed by atoms with Gasteiger partial charge in [-0.15, -0.1) is 0 Å².